The number of ether oxygens (including phenoxy) is 1. The van der Waals surface area contributed by atoms with Crippen molar-refractivity contribution in [1.29, 1.82) is 0 Å². The summed E-state index contributed by atoms with van der Waals surface area (Å²) in [5.41, 5.74) is 0.101. The van der Waals surface area contributed by atoms with Crippen molar-refractivity contribution >= 4 is 10.2 Å². The maximum Gasteiger partial charge on any atom is 0.275 e. The summed E-state index contributed by atoms with van der Waals surface area (Å²) in [7, 11) is 0.660. The average Bonchev–Trinajstić information content (AvgIpc) is 2.30. The molecule has 2 rings (SSSR count). The minimum atomic E-state index is -2.78. The van der Waals surface area contributed by atoms with Gasteiger partial charge in [0.2, 0.25) is 0 Å². The quantitative estimate of drug-likeness (QED) is 0.755. The second kappa shape index (κ2) is 4.86. The molecular formula is C13H18F2OSi. The molecule has 1 aliphatic heterocycles. The van der Waals surface area contributed by atoms with E-state index in [0.717, 1.165) is 19.3 Å². The molecule has 1 unspecified atom stereocenters. The summed E-state index contributed by atoms with van der Waals surface area (Å²) in [6.45, 7) is 0.633. The first-order valence-electron chi connectivity index (χ1n) is 6.09. The highest BCUT2D eigenvalue weighted by molar-refractivity contribution is 6.14. The van der Waals surface area contributed by atoms with Crippen molar-refractivity contribution in [2.45, 2.75) is 36.8 Å². The lowest BCUT2D eigenvalue weighted by Crippen LogP contribution is -2.41. The number of rotatable bonds is 3. The van der Waals surface area contributed by atoms with Crippen LogP contribution in [0.15, 0.2) is 30.3 Å². The van der Waals surface area contributed by atoms with Crippen LogP contribution < -0.4 is 0 Å². The van der Waals surface area contributed by atoms with Crippen LogP contribution in [0.5, 0.6) is 0 Å². The molecule has 1 atom stereocenters. The van der Waals surface area contributed by atoms with E-state index in [1.54, 1.807) is 18.2 Å². The highest BCUT2D eigenvalue weighted by Crippen LogP contribution is 2.39. The van der Waals surface area contributed by atoms with Gasteiger partial charge in [0.1, 0.15) is 0 Å². The zero-order valence-electron chi connectivity index (χ0n) is 10.1. The molecule has 1 saturated heterocycles. The lowest BCUT2D eigenvalue weighted by Gasteiger charge is -2.36. The predicted molar refractivity (Wildman–Crippen MR) is 67.4 cm³/mol. The molecule has 1 fully saturated rings. The monoisotopic (exact) mass is 256 g/mol. The summed E-state index contributed by atoms with van der Waals surface area (Å²) in [6, 6.07) is 8.06. The Kier molecular flexibility index (Phi) is 3.63. The predicted octanol–water partition coefficient (Wildman–Crippen LogP) is 2.43. The van der Waals surface area contributed by atoms with Crippen LogP contribution in [0.4, 0.5) is 8.78 Å². The van der Waals surface area contributed by atoms with Gasteiger partial charge in [0.15, 0.2) is 0 Å². The third-order valence-corrected chi connectivity index (χ3v) is 4.48. The molecule has 1 aromatic carbocycles. The third-order valence-electron chi connectivity index (χ3n) is 3.34. The smallest absolute Gasteiger partial charge is 0.275 e. The highest BCUT2D eigenvalue weighted by atomic mass is 28.1. The SMILES string of the molecule is FC(F)(CC1([SiH3])CCCCO1)c1ccccc1. The molecule has 17 heavy (non-hydrogen) atoms. The lowest BCUT2D eigenvalue weighted by molar-refractivity contribution is -0.104. The van der Waals surface area contributed by atoms with Crippen LogP contribution in [-0.2, 0) is 10.7 Å². The van der Waals surface area contributed by atoms with Gasteiger partial charge in [0.05, 0.1) is 5.22 Å². The van der Waals surface area contributed by atoms with Crippen molar-refractivity contribution < 1.29 is 13.5 Å². The molecule has 1 nitrogen and oxygen atoms in total. The summed E-state index contributed by atoms with van der Waals surface area (Å²) in [5, 5.41) is -0.544. The van der Waals surface area contributed by atoms with Crippen molar-refractivity contribution in [2.75, 3.05) is 6.61 Å². The maximum absolute atomic E-state index is 14.1. The summed E-state index contributed by atoms with van der Waals surface area (Å²) in [5.74, 6) is -2.78. The molecular weight excluding hydrogens is 238 g/mol. The molecule has 0 bridgehead atoms. The molecule has 0 spiro atoms. The first kappa shape index (κ1) is 12.7. The summed E-state index contributed by atoms with van der Waals surface area (Å²) < 4.78 is 33.9. The second-order valence-electron chi connectivity index (χ2n) is 5.00. The number of halogens is 2. The van der Waals surface area contributed by atoms with Crippen LogP contribution in [-0.4, -0.2) is 22.1 Å². The number of benzene rings is 1. The van der Waals surface area contributed by atoms with Crippen LogP contribution in [0.3, 0.4) is 0 Å². The lowest BCUT2D eigenvalue weighted by atomic mass is 9.97. The van der Waals surface area contributed by atoms with Crippen molar-refractivity contribution in [3.8, 4) is 0 Å². The van der Waals surface area contributed by atoms with Gasteiger partial charge in [-0.25, -0.2) is 8.78 Å². The molecule has 0 saturated carbocycles. The van der Waals surface area contributed by atoms with E-state index in [2.05, 4.69) is 0 Å². The molecule has 1 heterocycles. The topological polar surface area (TPSA) is 9.23 Å². The van der Waals surface area contributed by atoms with Gasteiger partial charge in [0, 0.05) is 28.8 Å². The number of hydrogen-bond acceptors (Lipinski definition) is 1. The second-order valence-corrected chi connectivity index (χ2v) is 6.83. The van der Waals surface area contributed by atoms with E-state index in [4.69, 9.17) is 4.74 Å². The fourth-order valence-corrected chi connectivity index (χ4v) is 3.39. The molecule has 0 N–H and O–H groups in total. The Balaban J connectivity index is 2.11. The largest absolute Gasteiger partial charge is 0.379 e. The standard InChI is InChI=1S/C13H18F2OSi/c14-13(15,11-6-2-1-3-7-11)10-12(17)8-4-5-9-16-12/h1-3,6-7H,4-5,8-10H2,17H3. The molecule has 1 aromatic rings. The minimum Gasteiger partial charge on any atom is -0.379 e. The Morgan fingerprint density at radius 3 is 2.53 bits per heavy atom. The van der Waals surface area contributed by atoms with Gasteiger partial charge in [0.25, 0.3) is 5.92 Å². The van der Waals surface area contributed by atoms with E-state index in [1.165, 1.54) is 12.1 Å². The van der Waals surface area contributed by atoms with Crippen molar-refractivity contribution in [1.82, 2.24) is 0 Å². The zero-order chi connectivity index (χ0) is 12.4. The Bertz CT molecular complexity index is 361. The van der Waals surface area contributed by atoms with Crippen LogP contribution >= 0.6 is 0 Å². The minimum absolute atomic E-state index is 0.101. The molecule has 1 aliphatic rings. The first-order chi connectivity index (χ1) is 8.02. The van der Waals surface area contributed by atoms with Gasteiger partial charge in [-0.3, -0.25) is 0 Å². The van der Waals surface area contributed by atoms with Gasteiger partial charge >= 0.3 is 0 Å². The van der Waals surface area contributed by atoms with Gasteiger partial charge < -0.3 is 4.74 Å². The molecule has 94 valence electrons. The van der Waals surface area contributed by atoms with Crippen molar-refractivity contribution in [3.63, 3.8) is 0 Å². The van der Waals surface area contributed by atoms with Crippen LogP contribution in [0.2, 0.25) is 0 Å². The van der Waals surface area contributed by atoms with Gasteiger partial charge in [-0.1, -0.05) is 30.3 Å². The summed E-state index contributed by atoms with van der Waals surface area (Å²) >= 11 is 0. The average molecular weight is 256 g/mol. The van der Waals surface area contributed by atoms with Crippen molar-refractivity contribution in [2.24, 2.45) is 0 Å². The van der Waals surface area contributed by atoms with E-state index < -0.39 is 11.1 Å². The molecule has 0 aliphatic carbocycles. The van der Waals surface area contributed by atoms with Crippen LogP contribution in [0, 0.1) is 0 Å². The summed E-state index contributed by atoms with van der Waals surface area (Å²) in [6.07, 6.45) is 2.62. The van der Waals surface area contributed by atoms with Gasteiger partial charge in [-0.15, -0.1) is 0 Å². The normalized spacial score (nSPS) is 26.0. The molecule has 0 aromatic heterocycles. The van der Waals surface area contributed by atoms with Gasteiger partial charge in [-0.2, -0.15) is 0 Å². The van der Waals surface area contributed by atoms with Crippen LogP contribution in [0.1, 0.15) is 31.2 Å². The third kappa shape index (κ3) is 3.13. The van der Waals surface area contributed by atoms with E-state index in [-0.39, 0.29) is 12.0 Å². The van der Waals surface area contributed by atoms with E-state index in [1.807, 2.05) is 0 Å². The zero-order valence-corrected chi connectivity index (χ0v) is 12.1. The Labute approximate surface area is 104 Å². The highest BCUT2D eigenvalue weighted by Gasteiger charge is 2.41. The Hall–Kier alpha value is -0.743. The van der Waals surface area contributed by atoms with Crippen molar-refractivity contribution in [3.05, 3.63) is 35.9 Å². The molecule has 4 heteroatoms. The number of alkyl halides is 2. The molecule has 0 radical (unpaired) electrons. The maximum atomic E-state index is 14.1. The van der Waals surface area contributed by atoms with Crippen LogP contribution in [0.25, 0.3) is 0 Å². The fraction of sp³-hybridized carbons (Fsp3) is 0.538. The fourth-order valence-electron chi connectivity index (χ4n) is 2.38. The van der Waals surface area contributed by atoms with E-state index in [9.17, 15) is 8.78 Å². The Morgan fingerprint density at radius 2 is 1.94 bits per heavy atom. The van der Waals surface area contributed by atoms with E-state index >= 15 is 0 Å². The number of hydrogen-bond donors (Lipinski definition) is 0. The summed E-state index contributed by atoms with van der Waals surface area (Å²) in [4.78, 5) is 0. The van der Waals surface area contributed by atoms with Gasteiger partial charge in [-0.05, 0) is 19.3 Å². The van der Waals surface area contributed by atoms with E-state index in [0.29, 0.717) is 16.8 Å². The first-order valence-corrected chi connectivity index (χ1v) is 7.09. The molecule has 0 amide bonds. The Morgan fingerprint density at radius 1 is 1.24 bits per heavy atom.